The van der Waals surface area contributed by atoms with Gasteiger partial charge in [0.1, 0.15) is 6.54 Å². The lowest BCUT2D eigenvalue weighted by Gasteiger charge is -2.24. The van der Waals surface area contributed by atoms with E-state index >= 15 is 0 Å². The van der Waals surface area contributed by atoms with Crippen molar-refractivity contribution in [3.05, 3.63) is 57.6 Å². The van der Waals surface area contributed by atoms with Crippen LogP contribution in [0.2, 0.25) is 10.0 Å². The summed E-state index contributed by atoms with van der Waals surface area (Å²) in [5.41, 5.74) is 2.12. The Morgan fingerprint density at radius 1 is 1.04 bits per heavy atom. The predicted molar refractivity (Wildman–Crippen MR) is 104 cm³/mol. The van der Waals surface area contributed by atoms with Gasteiger partial charge in [-0.2, -0.15) is 0 Å². The molecule has 5 nitrogen and oxygen atoms in total. The van der Waals surface area contributed by atoms with Gasteiger partial charge >= 0.3 is 5.97 Å². The maximum atomic E-state index is 13.2. The van der Waals surface area contributed by atoms with Crippen molar-refractivity contribution in [1.82, 2.24) is 0 Å². The Kier molecular flexibility index (Phi) is 6.55. The highest BCUT2D eigenvalue weighted by atomic mass is 35.5. The number of esters is 1. The number of halogens is 2. The SMILES string of the molecule is CCOC(=O)CN(c1cc(C)cc(C)c1)S(=O)(=O)c1ccc(Cl)c(Cl)c1. The predicted octanol–water partition coefficient (Wildman–Crippen LogP) is 4.37. The van der Waals surface area contributed by atoms with E-state index in [0.717, 1.165) is 15.4 Å². The minimum Gasteiger partial charge on any atom is -0.465 e. The van der Waals surface area contributed by atoms with Crippen LogP contribution in [0.4, 0.5) is 5.69 Å². The number of hydrogen-bond acceptors (Lipinski definition) is 4. The van der Waals surface area contributed by atoms with Crippen molar-refractivity contribution < 1.29 is 17.9 Å². The van der Waals surface area contributed by atoms with Gasteiger partial charge < -0.3 is 4.74 Å². The molecule has 0 aliphatic heterocycles. The summed E-state index contributed by atoms with van der Waals surface area (Å²) in [5, 5.41) is 0.359. The van der Waals surface area contributed by atoms with Gasteiger partial charge in [0, 0.05) is 0 Å². The van der Waals surface area contributed by atoms with Crippen LogP contribution in [0.1, 0.15) is 18.1 Å². The van der Waals surface area contributed by atoms with Crippen molar-refractivity contribution in [2.24, 2.45) is 0 Å². The van der Waals surface area contributed by atoms with Crippen LogP contribution in [0.15, 0.2) is 41.3 Å². The van der Waals surface area contributed by atoms with E-state index in [1.165, 1.54) is 18.2 Å². The summed E-state index contributed by atoms with van der Waals surface area (Å²) >= 11 is 11.8. The number of ether oxygens (including phenoxy) is 1. The number of carbonyl (C=O) groups is 1. The first-order valence-electron chi connectivity index (χ1n) is 7.87. The van der Waals surface area contributed by atoms with Gasteiger partial charge in [0.25, 0.3) is 10.0 Å². The summed E-state index contributed by atoms with van der Waals surface area (Å²) in [4.78, 5) is 12.0. The van der Waals surface area contributed by atoms with E-state index in [1.807, 2.05) is 19.9 Å². The molecule has 0 saturated heterocycles. The molecule has 0 bridgehead atoms. The van der Waals surface area contributed by atoms with Gasteiger partial charge in [0.15, 0.2) is 0 Å². The van der Waals surface area contributed by atoms with Gasteiger partial charge in [-0.25, -0.2) is 8.42 Å². The van der Waals surface area contributed by atoms with Crippen LogP contribution in [0.3, 0.4) is 0 Å². The number of nitrogens with zero attached hydrogens (tertiary/aromatic N) is 1. The van der Waals surface area contributed by atoms with Crippen LogP contribution in [-0.2, 0) is 19.6 Å². The Labute approximate surface area is 163 Å². The lowest BCUT2D eigenvalue weighted by atomic mass is 10.1. The van der Waals surface area contributed by atoms with Gasteiger partial charge in [0.2, 0.25) is 0 Å². The molecule has 2 aromatic rings. The van der Waals surface area contributed by atoms with E-state index in [1.54, 1.807) is 19.1 Å². The highest BCUT2D eigenvalue weighted by Crippen LogP contribution is 2.30. The average Bonchev–Trinajstić information content (AvgIpc) is 2.54. The van der Waals surface area contributed by atoms with Crippen molar-refractivity contribution in [2.75, 3.05) is 17.5 Å². The average molecular weight is 416 g/mol. The summed E-state index contributed by atoms with van der Waals surface area (Å²) in [6.45, 7) is 5.08. The molecule has 0 aliphatic rings. The number of benzene rings is 2. The van der Waals surface area contributed by atoms with Crippen LogP contribution in [0, 0.1) is 13.8 Å². The number of anilines is 1. The fourth-order valence-corrected chi connectivity index (χ4v) is 4.28. The van der Waals surface area contributed by atoms with E-state index in [2.05, 4.69) is 0 Å². The van der Waals surface area contributed by atoms with E-state index in [9.17, 15) is 13.2 Å². The zero-order valence-electron chi connectivity index (χ0n) is 14.6. The summed E-state index contributed by atoms with van der Waals surface area (Å²) in [6.07, 6.45) is 0. The molecule has 8 heteroatoms. The highest BCUT2D eigenvalue weighted by Gasteiger charge is 2.28. The molecule has 26 heavy (non-hydrogen) atoms. The van der Waals surface area contributed by atoms with Crippen molar-refractivity contribution in [2.45, 2.75) is 25.7 Å². The molecule has 0 unspecified atom stereocenters. The molecule has 2 rings (SSSR count). The second-order valence-electron chi connectivity index (χ2n) is 5.74. The molecule has 2 aromatic carbocycles. The minimum absolute atomic E-state index is 0.0599. The second kappa shape index (κ2) is 8.29. The Morgan fingerprint density at radius 2 is 1.65 bits per heavy atom. The van der Waals surface area contributed by atoms with Crippen molar-refractivity contribution in [3.63, 3.8) is 0 Å². The summed E-state index contributed by atoms with van der Waals surface area (Å²) in [6, 6.07) is 9.33. The first kappa shape index (κ1) is 20.6. The summed E-state index contributed by atoms with van der Waals surface area (Å²) in [5.74, 6) is -0.643. The van der Waals surface area contributed by atoms with Crippen LogP contribution in [-0.4, -0.2) is 27.5 Å². The summed E-state index contributed by atoms with van der Waals surface area (Å²) in [7, 11) is -4.05. The lowest BCUT2D eigenvalue weighted by molar-refractivity contribution is -0.141. The van der Waals surface area contributed by atoms with Crippen molar-refractivity contribution in [1.29, 1.82) is 0 Å². The number of aryl methyl sites for hydroxylation is 2. The van der Waals surface area contributed by atoms with Gasteiger partial charge in [-0.3, -0.25) is 9.10 Å². The Hall–Kier alpha value is -1.76. The van der Waals surface area contributed by atoms with Crippen LogP contribution >= 0.6 is 23.2 Å². The number of rotatable bonds is 6. The van der Waals surface area contributed by atoms with E-state index < -0.39 is 22.5 Å². The van der Waals surface area contributed by atoms with E-state index in [4.69, 9.17) is 27.9 Å². The van der Waals surface area contributed by atoms with E-state index in [0.29, 0.717) is 5.69 Å². The van der Waals surface area contributed by atoms with Crippen LogP contribution in [0.25, 0.3) is 0 Å². The minimum atomic E-state index is -4.05. The molecule has 0 saturated carbocycles. The normalized spacial score (nSPS) is 11.3. The first-order chi connectivity index (χ1) is 12.1. The van der Waals surface area contributed by atoms with Gasteiger partial charge in [-0.1, -0.05) is 29.3 Å². The van der Waals surface area contributed by atoms with Gasteiger partial charge in [-0.15, -0.1) is 0 Å². The molecule has 0 amide bonds. The first-order valence-corrected chi connectivity index (χ1v) is 10.1. The maximum Gasteiger partial charge on any atom is 0.326 e. The molecule has 0 heterocycles. The van der Waals surface area contributed by atoms with E-state index in [-0.39, 0.29) is 21.5 Å². The fraction of sp³-hybridized carbons (Fsp3) is 0.278. The van der Waals surface area contributed by atoms with Crippen LogP contribution in [0.5, 0.6) is 0 Å². The molecule has 0 N–H and O–H groups in total. The molecule has 140 valence electrons. The third-order valence-electron chi connectivity index (χ3n) is 3.55. The third-order valence-corrected chi connectivity index (χ3v) is 6.06. The number of hydrogen-bond donors (Lipinski definition) is 0. The largest absolute Gasteiger partial charge is 0.465 e. The Morgan fingerprint density at radius 3 is 2.19 bits per heavy atom. The van der Waals surface area contributed by atoms with Gasteiger partial charge in [0.05, 0.1) is 27.2 Å². The fourth-order valence-electron chi connectivity index (χ4n) is 2.50. The quantitative estimate of drug-likeness (QED) is 0.656. The zero-order valence-corrected chi connectivity index (χ0v) is 17.0. The molecule has 0 aromatic heterocycles. The third kappa shape index (κ3) is 4.69. The molecule has 0 aliphatic carbocycles. The Bertz CT molecular complexity index is 909. The maximum absolute atomic E-state index is 13.2. The lowest BCUT2D eigenvalue weighted by Crippen LogP contribution is -2.36. The second-order valence-corrected chi connectivity index (χ2v) is 8.42. The molecule has 0 spiro atoms. The highest BCUT2D eigenvalue weighted by molar-refractivity contribution is 7.92. The molecule has 0 atom stereocenters. The van der Waals surface area contributed by atoms with Crippen molar-refractivity contribution >= 4 is 44.9 Å². The smallest absolute Gasteiger partial charge is 0.326 e. The van der Waals surface area contributed by atoms with Crippen molar-refractivity contribution in [3.8, 4) is 0 Å². The standard InChI is InChI=1S/C18H19Cl2NO4S/c1-4-25-18(22)11-21(14-8-12(2)7-13(3)9-14)26(23,24)15-5-6-16(19)17(20)10-15/h5-10H,4,11H2,1-3H3. The topological polar surface area (TPSA) is 63.7 Å². The monoisotopic (exact) mass is 415 g/mol. The van der Waals surface area contributed by atoms with Gasteiger partial charge in [-0.05, 0) is 62.2 Å². The molecular weight excluding hydrogens is 397 g/mol. The van der Waals surface area contributed by atoms with Crippen LogP contribution < -0.4 is 4.31 Å². The summed E-state index contributed by atoms with van der Waals surface area (Å²) < 4.78 is 32.3. The molecular formula is C18H19Cl2NO4S. The Balaban J connectivity index is 2.57. The molecule has 0 radical (unpaired) electrons. The zero-order chi connectivity index (χ0) is 19.5. The number of sulfonamides is 1. The molecule has 0 fully saturated rings. The number of carbonyl (C=O) groups excluding carboxylic acids is 1.